The fourth-order valence-corrected chi connectivity index (χ4v) is 2.80. The van der Waals surface area contributed by atoms with Crippen LogP contribution in [0.2, 0.25) is 0 Å². The molecule has 0 saturated carbocycles. The summed E-state index contributed by atoms with van der Waals surface area (Å²) in [6.07, 6.45) is 10.4. The van der Waals surface area contributed by atoms with Crippen molar-refractivity contribution in [1.29, 1.82) is 0 Å². The Morgan fingerprint density at radius 2 is 1.90 bits per heavy atom. The highest BCUT2D eigenvalue weighted by Crippen LogP contribution is 2.22. The summed E-state index contributed by atoms with van der Waals surface area (Å²) in [6.45, 7) is 6.41. The van der Waals surface area contributed by atoms with E-state index >= 15 is 0 Å². The van der Waals surface area contributed by atoms with Crippen LogP contribution >= 0.6 is 0 Å². The van der Waals surface area contributed by atoms with Gasteiger partial charge in [0.2, 0.25) is 0 Å². The molecular formula is C15H22N6. The maximum Gasteiger partial charge on any atom is 0.0945 e. The van der Waals surface area contributed by atoms with Gasteiger partial charge in [-0.1, -0.05) is 0 Å². The fraction of sp³-hybridized carbons (Fsp3) is 0.467. The molecule has 0 amide bonds. The topological polar surface area (TPSA) is 63.2 Å². The number of hydrogen-bond acceptors (Lipinski definition) is 5. The molecule has 6 heteroatoms. The Hall–Kier alpha value is -2.08. The molecule has 112 valence electrons. The summed E-state index contributed by atoms with van der Waals surface area (Å²) in [5.41, 5.74) is 7.88. The molecule has 0 unspecified atom stereocenters. The average molecular weight is 286 g/mol. The van der Waals surface area contributed by atoms with Gasteiger partial charge in [-0.2, -0.15) is 0 Å². The molecule has 2 N–H and O–H groups in total. The number of piperazine rings is 1. The molecule has 1 saturated heterocycles. The van der Waals surface area contributed by atoms with E-state index < -0.39 is 0 Å². The molecular weight excluding hydrogens is 264 g/mol. The van der Waals surface area contributed by atoms with Crippen molar-refractivity contribution in [3.63, 3.8) is 0 Å². The van der Waals surface area contributed by atoms with Gasteiger partial charge in [0.15, 0.2) is 0 Å². The number of pyridine rings is 1. The number of nitrogens with two attached hydrogens (primary N) is 1. The van der Waals surface area contributed by atoms with Gasteiger partial charge in [-0.05, 0) is 19.0 Å². The first-order valence-electron chi connectivity index (χ1n) is 7.45. The van der Waals surface area contributed by atoms with Crippen LogP contribution in [0.3, 0.4) is 0 Å². The lowest BCUT2D eigenvalue weighted by molar-refractivity contribution is 0.250. The highest BCUT2D eigenvalue weighted by Gasteiger charge is 2.18. The normalized spacial score (nSPS) is 16.3. The predicted octanol–water partition coefficient (Wildman–Crippen LogP) is 1.07. The number of rotatable bonds is 5. The van der Waals surface area contributed by atoms with Crippen LogP contribution in [0.1, 0.15) is 6.42 Å². The van der Waals surface area contributed by atoms with Crippen LogP contribution in [0.4, 0.5) is 11.4 Å². The van der Waals surface area contributed by atoms with Gasteiger partial charge >= 0.3 is 0 Å². The van der Waals surface area contributed by atoms with E-state index in [1.807, 2.05) is 31.0 Å². The highest BCUT2D eigenvalue weighted by molar-refractivity contribution is 5.66. The minimum Gasteiger partial charge on any atom is -0.396 e. The van der Waals surface area contributed by atoms with Crippen LogP contribution in [-0.4, -0.2) is 52.2 Å². The summed E-state index contributed by atoms with van der Waals surface area (Å²) < 4.78 is 2.13. The van der Waals surface area contributed by atoms with Crippen molar-refractivity contribution in [3.05, 3.63) is 37.2 Å². The zero-order valence-electron chi connectivity index (χ0n) is 12.2. The van der Waals surface area contributed by atoms with Crippen LogP contribution in [0.15, 0.2) is 37.2 Å². The van der Waals surface area contributed by atoms with Crippen LogP contribution in [0.5, 0.6) is 0 Å². The standard InChI is InChI=1S/C15H22N6/c16-14-12-17-3-2-15(14)21-10-8-19(9-11-21)5-1-6-20-7-4-18-13-20/h2-4,7,12-13H,1,5-6,8-11,16H2. The monoisotopic (exact) mass is 286 g/mol. The Bertz CT molecular complexity index is 545. The lowest BCUT2D eigenvalue weighted by Gasteiger charge is -2.36. The maximum absolute atomic E-state index is 5.99. The van der Waals surface area contributed by atoms with E-state index in [9.17, 15) is 0 Å². The average Bonchev–Trinajstić information content (AvgIpc) is 3.02. The third kappa shape index (κ3) is 3.52. The Morgan fingerprint density at radius 1 is 1.05 bits per heavy atom. The molecule has 21 heavy (non-hydrogen) atoms. The van der Waals surface area contributed by atoms with Gasteiger partial charge in [-0.25, -0.2) is 4.98 Å². The van der Waals surface area contributed by atoms with E-state index in [1.54, 1.807) is 6.20 Å². The van der Waals surface area contributed by atoms with Gasteiger partial charge in [0, 0.05) is 51.3 Å². The maximum atomic E-state index is 5.99. The van der Waals surface area contributed by atoms with Gasteiger partial charge < -0.3 is 15.2 Å². The van der Waals surface area contributed by atoms with Crippen molar-refractivity contribution in [2.75, 3.05) is 43.4 Å². The first kappa shape index (κ1) is 13.9. The van der Waals surface area contributed by atoms with Crippen LogP contribution in [0, 0.1) is 0 Å². The molecule has 1 aliphatic heterocycles. The lowest BCUT2D eigenvalue weighted by Crippen LogP contribution is -2.47. The van der Waals surface area contributed by atoms with Crippen molar-refractivity contribution in [2.24, 2.45) is 0 Å². The number of imidazole rings is 1. The number of nitrogen functional groups attached to an aromatic ring is 1. The largest absolute Gasteiger partial charge is 0.396 e. The van der Waals surface area contributed by atoms with Crippen molar-refractivity contribution in [3.8, 4) is 0 Å². The second-order valence-corrected chi connectivity index (χ2v) is 5.42. The first-order chi connectivity index (χ1) is 10.3. The minimum absolute atomic E-state index is 0.769. The molecule has 2 aromatic rings. The number of hydrogen-bond donors (Lipinski definition) is 1. The van der Waals surface area contributed by atoms with Crippen molar-refractivity contribution in [1.82, 2.24) is 19.4 Å². The molecule has 3 heterocycles. The third-order valence-electron chi connectivity index (χ3n) is 3.99. The van der Waals surface area contributed by atoms with E-state index in [-0.39, 0.29) is 0 Å². The molecule has 2 aromatic heterocycles. The van der Waals surface area contributed by atoms with Gasteiger partial charge in [-0.3, -0.25) is 9.88 Å². The van der Waals surface area contributed by atoms with E-state index in [4.69, 9.17) is 5.73 Å². The quantitative estimate of drug-likeness (QED) is 0.891. The van der Waals surface area contributed by atoms with Crippen molar-refractivity contribution < 1.29 is 0 Å². The van der Waals surface area contributed by atoms with Crippen molar-refractivity contribution in [2.45, 2.75) is 13.0 Å². The number of nitrogens with zero attached hydrogens (tertiary/aromatic N) is 5. The molecule has 0 atom stereocenters. The van der Waals surface area contributed by atoms with Crippen LogP contribution < -0.4 is 10.6 Å². The van der Waals surface area contributed by atoms with E-state index in [0.29, 0.717) is 0 Å². The molecule has 3 rings (SSSR count). The van der Waals surface area contributed by atoms with Gasteiger partial charge in [0.05, 0.1) is 23.9 Å². The molecule has 1 aliphatic rings. The SMILES string of the molecule is Nc1cnccc1N1CCN(CCCn2ccnc2)CC1. The lowest BCUT2D eigenvalue weighted by atomic mass is 10.2. The summed E-state index contributed by atoms with van der Waals surface area (Å²) in [5.74, 6) is 0. The molecule has 0 spiro atoms. The molecule has 0 bridgehead atoms. The second kappa shape index (κ2) is 6.58. The number of anilines is 2. The van der Waals surface area contributed by atoms with Crippen molar-refractivity contribution >= 4 is 11.4 Å². The van der Waals surface area contributed by atoms with Gasteiger partial charge in [0.25, 0.3) is 0 Å². The molecule has 0 radical (unpaired) electrons. The molecule has 0 aromatic carbocycles. The first-order valence-corrected chi connectivity index (χ1v) is 7.45. The van der Waals surface area contributed by atoms with E-state index in [2.05, 4.69) is 24.3 Å². The third-order valence-corrected chi connectivity index (χ3v) is 3.99. The summed E-state index contributed by atoms with van der Waals surface area (Å²) in [7, 11) is 0. The summed E-state index contributed by atoms with van der Waals surface area (Å²) in [4.78, 5) is 13.0. The van der Waals surface area contributed by atoms with E-state index in [1.165, 1.54) is 0 Å². The molecule has 6 nitrogen and oxygen atoms in total. The molecule has 1 fully saturated rings. The smallest absolute Gasteiger partial charge is 0.0945 e. The van der Waals surface area contributed by atoms with E-state index in [0.717, 1.165) is 57.1 Å². The molecule has 0 aliphatic carbocycles. The summed E-state index contributed by atoms with van der Waals surface area (Å²) in [5, 5.41) is 0. The van der Waals surface area contributed by atoms with Gasteiger partial charge in [0.1, 0.15) is 0 Å². The van der Waals surface area contributed by atoms with Gasteiger partial charge in [-0.15, -0.1) is 0 Å². The highest BCUT2D eigenvalue weighted by atomic mass is 15.3. The Morgan fingerprint density at radius 3 is 2.62 bits per heavy atom. The summed E-state index contributed by atoms with van der Waals surface area (Å²) in [6, 6.07) is 2.00. The number of aryl methyl sites for hydroxylation is 1. The Labute approximate surface area is 125 Å². The summed E-state index contributed by atoms with van der Waals surface area (Å²) >= 11 is 0. The fourth-order valence-electron chi connectivity index (χ4n) is 2.80. The predicted molar refractivity (Wildman–Crippen MR) is 84.1 cm³/mol. The second-order valence-electron chi connectivity index (χ2n) is 5.42. The zero-order valence-corrected chi connectivity index (χ0v) is 12.2. The Kier molecular flexibility index (Phi) is 4.35. The van der Waals surface area contributed by atoms with Crippen LogP contribution in [-0.2, 0) is 6.54 Å². The van der Waals surface area contributed by atoms with Crippen LogP contribution in [0.25, 0.3) is 0 Å². The minimum atomic E-state index is 0.769. The zero-order chi connectivity index (χ0) is 14.5. The number of aromatic nitrogens is 3. The Balaban J connectivity index is 1.44.